The van der Waals surface area contributed by atoms with Crippen molar-refractivity contribution in [1.82, 2.24) is 15.5 Å². The molecule has 4 atom stereocenters. The van der Waals surface area contributed by atoms with E-state index in [1.807, 2.05) is 6.07 Å². The first kappa shape index (κ1) is 41.7. The summed E-state index contributed by atoms with van der Waals surface area (Å²) in [5.74, 6) is -0.886. The van der Waals surface area contributed by atoms with Crippen LogP contribution in [-0.4, -0.2) is 84.6 Å². The van der Waals surface area contributed by atoms with Gasteiger partial charge in [-0.25, -0.2) is 0 Å². The van der Waals surface area contributed by atoms with Crippen molar-refractivity contribution in [1.29, 1.82) is 0 Å². The second-order valence-corrected chi connectivity index (χ2v) is 13.6. The zero-order valence-electron chi connectivity index (χ0n) is 30.8. The number of nitrogens with two attached hydrogens (primary N) is 2. The van der Waals surface area contributed by atoms with Crippen molar-refractivity contribution < 1.29 is 34.1 Å². The molecule has 0 radical (unpaired) electrons. The van der Waals surface area contributed by atoms with E-state index in [0.29, 0.717) is 40.2 Å². The number of carbonyl (C=O) groups is 3. The van der Waals surface area contributed by atoms with Crippen LogP contribution >= 0.6 is 0 Å². The molecule has 284 valence electrons. The molecule has 51 heavy (non-hydrogen) atoms. The number of aliphatic hydroxyl groups excluding tert-OH is 1. The molecule has 1 aliphatic rings. The number of carboxylic acid groups (broad SMARTS) is 1. The number of aliphatic carboxylic acids is 1. The van der Waals surface area contributed by atoms with E-state index in [1.165, 1.54) is 49.8 Å². The van der Waals surface area contributed by atoms with Crippen molar-refractivity contribution in [2.75, 3.05) is 33.4 Å². The van der Waals surface area contributed by atoms with Gasteiger partial charge in [-0.15, -0.1) is 0 Å². The first-order valence-corrected chi connectivity index (χ1v) is 18.8. The van der Waals surface area contributed by atoms with Gasteiger partial charge in [0.05, 0.1) is 6.04 Å². The lowest BCUT2D eigenvalue weighted by Gasteiger charge is -2.32. The Morgan fingerprint density at radius 1 is 0.863 bits per heavy atom. The third-order valence-corrected chi connectivity index (χ3v) is 9.38. The lowest BCUT2D eigenvalue weighted by atomic mass is 9.93. The second-order valence-electron chi connectivity index (χ2n) is 13.6. The Kier molecular flexibility index (Phi) is 18.2. The van der Waals surface area contributed by atoms with E-state index in [0.717, 1.165) is 25.7 Å². The van der Waals surface area contributed by atoms with Gasteiger partial charge in [0, 0.05) is 37.7 Å². The molecule has 2 aromatic carbocycles. The van der Waals surface area contributed by atoms with Crippen molar-refractivity contribution in [2.24, 2.45) is 11.5 Å². The van der Waals surface area contributed by atoms with Gasteiger partial charge in [0.15, 0.2) is 0 Å². The predicted molar refractivity (Wildman–Crippen MR) is 199 cm³/mol. The molecular weight excluding hydrogens is 650 g/mol. The van der Waals surface area contributed by atoms with E-state index in [2.05, 4.69) is 17.6 Å². The molecule has 2 aromatic rings. The summed E-state index contributed by atoms with van der Waals surface area (Å²) in [6, 6.07) is 7.52. The molecule has 0 aromatic heterocycles. The largest absolute Gasteiger partial charge is 0.492 e. The lowest BCUT2D eigenvalue weighted by molar-refractivity contribution is -0.141. The highest BCUT2D eigenvalue weighted by atomic mass is 16.5. The molecule has 12 nitrogen and oxygen atoms in total. The predicted octanol–water partition coefficient (Wildman–Crippen LogP) is 4.65. The summed E-state index contributed by atoms with van der Waals surface area (Å²) in [4.78, 5) is 41.5. The van der Waals surface area contributed by atoms with Crippen LogP contribution in [0.3, 0.4) is 0 Å². The van der Waals surface area contributed by atoms with E-state index < -0.39 is 36.2 Å². The van der Waals surface area contributed by atoms with Gasteiger partial charge >= 0.3 is 5.97 Å². The van der Waals surface area contributed by atoms with E-state index in [1.54, 1.807) is 44.3 Å². The van der Waals surface area contributed by atoms with Gasteiger partial charge in [-0.3, -0.25) is 19.7 Å². The number of hydrogen-bond acceptors (Lipinski definition) is 9. The standard InChI is InChI=1S/C39H61N5O7/c1-4-5-6-7-8-9-10-11-12-13-14-15-35(45)44(3)36-29-17-19-34(51-23-21-41)31(26-29)30-24-28(16-18-33(30)50-22-20-40)25-32(39(48)49)43-37(46)27(2)42-38(36)47/h16-19,24,26-27,32,36-37,43,46H,4-15,20-23,25,40-41H2,1-3H3,(H,42,47)(H,48,49). The molecule has 8 N–H and O–H groups in total. The van der Waals surface area contributed by atoms with E-state index in [-0.39, 0.29) is 38.6 Å². The number of carboxylic acids is 1. The molecule has 0 saturated carbocycles. The molecule has 3 rings (SSSR count). The number of hydrogen-bond donors (Lipinski definition) is 6. The number of nitrogens with zero attached hydrogens (tertiary/aromatic N) is 1. The quantitative estimate of drug-likeness (QED) is 0.106. The summed E-state index contributed by atoms with van der Waals surface area (Å²) in [6.45, 7) is 4.81. The van der Waals surface area contributed by atoms with Crippen LogP contribution in [0.25, 0.3) is 11.1 Å². The molecule has 2 amide bonds. The van der Waals surface area contributed by atoms with Gasteiger partial charge in [0.2, 0.25) is 11.8 Å². The number of nitrogens with one attached hydrogen (secondary N) is 2. The normalized spacial score (nSPS) is 19.1. The van der Waals surface area contributed by atoms with Crippen molar-refractivity contribution in [3.8, 4) is 22.6 Å². The number of amides is 2. The average molecular weight is 712 g/mol. The summed E-state index contributed by atoms with van der Waals surface area (Å²) < 4.78 is 12.1. The highest BCUT2D eigenvalue weighted by Crippen LogP contribution is 2.40. The summed E-state index contributed by atoms with van der Waals surface area (Å²) in [5.41, 5.74) is 13.9. The first-order valence-electron chi connectivity index (χ1n) is 18.8. The second kappa shape index (κ2) is 22.3. The molecule has 0 saturated heterocycles. The Balaban J connectivity index is 1.94. The highest BCUT2D eigenvalue weighted by Gasteiger charge is 2.33. The smallest absolute Gasteiger partial charge is 0.321 e. The van der Waals surface area contributed by atoms with Crippen LogP contribution in [0, 0.1) is 0 Å². The Morgan fingerprint density at radius 2 is 1.41 bits per heavy atom. The molecule has 0 fully saturated rings. The van der Waals surface area contributed by atoms with Gasteiger partial charge in [-0.2, -0.15) is 0 Å². The van der Waals surface area contributed by atoms with Crippen LogP contribution in [0.4, 0.5) is 0 Å². The van der Waals surface area contributed by atoms with Gasteiger partial charge in [-0.05, 0) is 55.2 Å². The minimum absolute atomic E-state index is 0.0365. The number of rotatable bonds is 20. The molecule has 0 spiro atoms. The summed E-state index contributed by atoms with van der Waals surface area (Å²) >= 11 is 0. The minimum atomic E-state index is -1.38. The van der Waals surface area contributed by atoms with Crippen LogP contribution in [0.1, 0.15) is 108 Å². The third-order valence-electron chi connectivity index (χ3n) is 9.38. The molecule has 0 aliphatic carbocycles. The number of aliphatic hydroxyl groups is 1. The van der Waals surface area contributed by atoms with Gasteiger partial charge in [0.25, 0.3) is 0 Å². The summed E-state index contributed by atoms with van der Waals surface area (Å²) in [5, 5.41) is 26.6. The Morgan fingerprint density at radius 3 is 1.98 bits per heavy atom. The molecule has 4 unspecified atom stereocenters. The summed E-state index contributed by atoms with van der Waals surface area (Å²) in [7, 11) is 1.61. The highest BCUT2D eigenvalue weighted by molar-refractivity contribution is 5.90. The van der Waals surface area contributed by atoms with Crippen molar-refractivity contribution in [3.63, 3.8) is 0 Å². The minimum Gasteiger partial charge on any atom is -0.492 e. The Bertz CT molecular complexity index is 1390. The molecule has 1 heterocycles. The van der Waals surface area contributed by atoms with Crippen LogP contribution in [0.15, 0.2) is 36.4 Å². The number of likely N-dealkylation sites (N-methyl/N-ethyl adjacent to an activating group) is 1. The van der Waals surface area contributed by atoms with Crippen molar-refractivity contribution >= 4 is 17.8 Å². The number of ether oxygens (including phenoxy) is 2. The zero-order valence-corrected chi connectivity index (χ0v) is 30.8. The number of carbonyl (C=O) groups excluding carboxylic acids is 2. The zero-order chi connectivity index (χ0) is 37.2. The van der Waals surface area contributed by atoms with Gasteiger partial charge in [-0.1, -0.05) is 83.3 Å². The molecule has 4 bridgehead atoms. The maximum atomic E-state index is 14.1. The number of unbranched alkanes of at least 4 members (excludes halogenated alkanes) is 10. The average Bonchev–Trinajstić information content (AvgIpc) is 3.11. The van der Waals surface area contributed by atoms with E-state index >= 15 is 0 Å². The molecule has 1 aliphatic heterocycles. The van der Waals surface area contributed by atoms with Gasteiger partial charge < -0.3 is 41.4 Å². The number of fused-ring (bicyclic) bond motifs is 5. The maximum Gasteiger partial charge on any atom is 0.321 e. The summed E-state index contributed by atoms with van der Waals surface area (Å²) in [6.07, 6.45) is 11.8. The van der Waals surface area contributed by atoms with Crippen LogP contribution in [0.2, 0.25) is 0 Å². The van der Waals surface area contributed by atoms with Gasteiger partial charge in [0.1, 0.15) is 43.0 Å². The first-order chi connectivity index (χ1) is 24.6. The maximum absolute atomic E-state index is 14.1. The monoisotopic (exact) mass is 711 g/mol. The molecular formula is C39H61N5O7. The third kappa shape index (κ3) is 13.1. The molecule has 12 heteroatoms. The lowest BCUT2D eigenvalue weighted by Crippen LogP contribution is -2.55. The van der Waals surface area contributed by atoms with Crippen LogP contribution < -0.4 is 31.6 Å². The van der Waals surface area contributed by atoms with Crippen molar-refractivity contribution in [2.45, 2.75) is 122 Å². The number of benzene rings is 2. The fraction of sp³-hybridized carbons (Fsp3) is 0.615. The fourth-order valence-electron chi connectivity index (χ4n) is 6.43. The van der Waals surface area contributed by atoms with E-state index in [9.17, 15) is 24.6 Å². The Labute approximate surface area is 303 Å². The van der Waals surface area contributed by atoms with Crippen LogP contribution in [0.5, 0.6) is 11.5 Å². The Hall–Kier alpha value is -3.71. The fourth-order valence-corrected chi connectivity index (χ4v) is 6.43. The topological polar surface area (TPSA) is 189 Å². The van der Waals surface area contributed by atoms with Crippen molar-refractivity contribution in [3.05, 3.63) is 47.5 Å². The SMILES string of the molecule is CCCCCCCCCCCCCC(=O)N(C)C1C(=O)NC(C)C(O)NC(C(=O)O)Cc2ccc(OCCN)c(c2)-c2cc1ccc2OCCN. The van der Waals surface area contributed by atoms with E-state index in [4.69, 9.17) is 20.9 Å². The van der Waals surface area contributed by atoms with Crippen LogP contribution in [-0.2, 0) is 20.8 Å².